The topological polar surface area (TPSA) is 55.7 Å². The van der Waals surface area contributed by atoms with Crippen LogP contribution in [0.15, 0.2) is 52.5 Å². The molecule has 0 aliphatic heterocycles. The Bertz CT molecular complexity index is 701. The zero-order chi connectivity index (χ0) is 13.2. The Hall–Kier alpha value is -1.88. The molecule has 18 heavy (non-hydrogen) atoms. The summed E-state index contributed by atoms with van der Waals surface area (Å²) in [6.45, 7) is 3.33. The number of hydrogen-bond acceptors (Lipinski definition) is 4. The van der Waals surface area contributed by atoms with Crippen LogP contribution in [0.1, 0.15) is 13.8 Å². The molecule has 0 heterocycles. The van der Waals surface area contributed by atoms with Gasteiger partial charge in [0.1, 0.15) is 4.90 Å². The molecule has 2 aromatic rings. The molecule has 0 N–H and O–H groups in total. The van der Waals surface area contributed by atoms with Crippen LogP contribution in [0.5, 0.6) is 0 Å². The van der Waals surface area contributed by atoms with Crippen LogP contribution in [0, 0.1) is 0 Å². The average molecular weight is 263 g/mol. The Balaban J connectivity index is 2.45. The molecule has 0 aromatic heterocycles. The predicted octanol–water partition coefficient (Wildman–Crippen LogP) is 2.94. The van der Waals surface area contributed by atoms with Crippen LogP contribution in [0.4, 0.5) is 0 Å². The first-order chi connectivity index (χ1) is 8.49. The van der Waals surface area contributed by atoms with E-state index in [2.05, 4.69) is 9.44 Å². The largest absolute Gasteiger partial charge is 0.358 e. The summed E-state index contributed by atoms with van der Waals surface area (Å²) >= 11 is 0. The monoisotopic (exact) mass is 263 g/mol. The number of hydrogen-bond donors (Lipinski definition) is 0. The molecule has 0 fully saturated rings. The number of fused-ring (bicyclic) bond motifs is 1. The van der Waals surface area contributed by atoms with Gasteiger partial charge in [0.05, 0.1) is 5.71 Å². The predicted molar refractivity (Wildman–Crippen MR) is 71.0 cm³/mol. The fourth-order valence-corrected chi connectivity index (χ4v) is 2.33. The van der Waals surface area contributed by atoms with Crippen LogP contribution in [0.25, 0.3) is 10.8 Å². The number of nitrogens with zero attached hydrogens (tertiary/aromatic N) is 1. The van der Waals surface area contributed by atoms with Crippen LogP contribution in [-0.2, 0) is 14.4 Å². The Morgan fingerprint density at radius 1 is 1.06 bits per heavy atom. The SMILES string of the molecule is CC(C)=NOS(=O)(=O)c1ccc2ccccc2c1. The lowest BCUT2D eigenvalue weighted by molar-refractivity contribution is 0.338. The van der Waals surface area contributed by atoms with E-state index >= 15 is 0 Å². The highest BCUT2D eigenvalue weighted by Crippen LogP contribution is 2.20. The van der Waals surface area contributed by atoms with Gasteiger partial charge in [0.25, 0.3) is 0 Å². The van der Waals surface area contributed by atoms with E-state index in [0.29, 0.717) is 5.71 Å². The summed E-state index contributed by atoms with van der Waals surface area (Å²) in [6.07, 6.45) is 0. The van der Waals surface area contributed by atoms with Crippen molar-refractivity contribution in [2.45, 2.75) is 18.7 Å². The molecular weight excluding hydrogens is 250 g/mol. The van der Waals surface area contributed by atoms with Gasteiger partial charge in [0, 0.05) is 0 Å². The minimum absolute atomic E-state index is 0.103. The molecule has 5 heteroatoms. The second-order valence-electron chi connectivity index (χ2n) is 4.08. The first-order valence-electron chi connectivity index (χ1n) is 5.43. The van der Waals surface area contributed by atoms with Crippen LogP contribution < -0.4 is 0 Å². The van der Waals surface area contributed by atoms with Crippen molar-refractivity contribution in [2.24, 2.45) is 5.16 Å². The summed E-state index contributed by atoms with van der Waals surface area (Å²) in [4.78, 5) is 0.103. The van der Waals surface area contributed by atoms with Gasteiger partial charge in [-0.2, -0.15) is 8.42 Å². The van der Waals surface area contributed by atoms with E-state index < -0.39 is 10.1 Å². The molecule has 0 amide bonds. The molecule has 0 aliphatic carbocycles. The van der Waals surface area contributed by atoms with Gasteiger partial charge in [-0.25, -0.2) is 0 Å². The second-order valence-corrected chi connectivity index (χ2v) is 5.60. The Morgan fingerprint density at radius 3 is 2.39 bits per heavy atom. The van der Waals surface area contributed by atoms with Gasteiger partial charge in [-0.3, -0.25) is 4.28 Å². The summed E-state index contributed by atoms with van der Waals surface area (Å²) in [5.41, 5.74) is 0.541. The summed E-state index contributed by atoms with van der Waals surface area (Å²) in [7, 11) is -3.83. The van der Waals surface area contributed by atoms with Crippen molar-refractivity contribution in [3.8, 4) is 0 Å². The summed E-state index contributed by atoms with van der Waals surface area (Å²) < 4.78 is 28.3. The van der Waals surface area contributed by atoms with Gasteiger partial charge in [-0.05, 0) is 36.8 Å². The minimum atomic E-state index is -3.83. The molecule has 0 bridgehead atoms. The average Bonchev–Trinajstić information content (AvgIpc) is 2.36. The second kappa shape index (κ2) is 4.78. The lowest BCUT2D eigenvalue weighted by Gasteiger charge is -2.03. The van der Waals surface area contributed by atoms with Gasteiger partial charge in [0.2, 0.25) is 0 Å². The zero-order valence-electron chi connectivity index (χ0n) is 10.1. The Labute approximate surface area is 106 Å². The van der Waals surface area contributed by atoms with Gasteiger partial charge in [-0.15, -0.1) is 0 Å². The third-order valence-corrected chi connectivity index (χ3v) is 3.43. The molecule has 0 radical (unpaired) electrons. The summed E-state index contributed by atoms with van der Waals surface area (Å²) in [6, 6.07) is 12.4. The maximum atomic E-state index is 11.9. The molecule has 0 spiro atoms. The van der Waals surface area contributed by atoms with E-state index in [1.165, 1.54) is 6.07 Å². The Kier molecular flexibility index (Phi) is 3.34. The van der Waals surface area contributed by atoms with E-state index in [9.17, 15) is 8.42 Å². The molecule has 0 aliphatic rings. The summed E-state index contributed by atoms with van der Waals surface area (Å²) in [5.74, 6) is 0. The number of oxime groups is 1. The maximum absolute atomic E-state index is 11.9. The molecule has 0 unspecified atom stereocenters. The Morgan fingerprint density at radius 2 is 1.72 bits per heavy atom. The molecule has 94 valence electrons. The normalized spacial score (nSPS) is 11.2. The van der Waals surface area contributed by atoms with Crippen molar-refractivity contribution < 1.29 is 12.7 Å². The van der Waals surface area contributed by atoms with Crippen LogP contribution in [0.2, 0.25) is 0 Å². The van der Waals surface area contributed by atoms with Crippen LogP contribution in [-0.4, -0.2) is 14.1 Å². The maximum Gasteiger partial charge on any atom is 0.358 e. The molecule has 2 rings (SSSR count). The quantitative estimate of drug-likeness (QED) is 0.632. The molecule has 2 aromatic carbocycles. The molecule has 0 atom stereocenters. The van der Waals surface area contributed by atoms with Gasteiger partial charge < -0.3 is 0 Å². The van der Waals surface area contributed by atoms with E-state index in [1.807, 2.05) is 24.3 Å². The minimum Gasteiger partial charge on any atom is -0.265 e. The lowest BCUT2D eigenvalue weighted by atomic mass is 10.1. The third-order valence-electron chi connectivity index (χ3n) is 2.33. The van der Waals surface area contributed by atoms with E-state index in [-0.39, 0.29) is 4.90 Å². The highest BCUT2D eigenvalue weighted by Gasteiger charge is 2.15. The first kappa shape index (κ1) is 12.6. The van der Waals surface area contributed by atoms with Crippen molar-refractivity contribution >= 4 is 26.6 Å². The number of benzene rings is 2. The van der Waals surface area contributed by atoms with E-state index in [1.54, 1.807) is 26.0 Å². The van der Waals surface area contributed by atoms with Crippen molar-refractivity contribution in [3.63, 3.8) is 0 Å². The van der Waals surface area contributed by atoms with Gasteiger partial charge in [-0.1, -0.05) is 35.5 Å². The van der Waals surface area contributed by atoms with E-state index in [4.69, 9.17) is 0 Å². The van der Waals surface area contributed by atoms with Crippen molar-refractivity contribution in [1.29, 1.82) is 0 Å². The third kappa shape index (κ3) is 2.68. The fraction of sp³-hybridized carbons (Fsp3) is 0.154. The molecule has 0 saturated carbocycles. The van der Waals surface area contributed by atoms with Gasteiger partial charge in [0.15, 0.2) is 0 Å². The lowest BCUT2D eigenvalue weighted by Crippen LogP contribution is -2.03. The smallest absolute Gasteiger partial charge is 0.265 e. The van der Waals surface area contributed by atoms with E-state index in [0.717, 1.165) is 10.8 Å². The summed E-state index contributed by atoms with van der Waals surface area (Å²) in [5, 5.41) is 5.31. The van der Waals surface area contributed by atoms with Crippen LogP contribution in [0.3, 0.4) is 0 Å². The molecule has 0 saturated heterocycles. The standard InChI is InChI=1S/C13H13NO3S/c1-10(2)14-17-18(15,16)13-8-7-11-5-3-4-6-12(11)9-13/h3-9H,1-2H3. The highest BCUT2D eigenvalue weighted by molar-refractivity contribution is 7.86. The first-order valence-corrected chi connectivity index (χ1v) is 6.83. The highest BCUT2D eigenvalue weighted by atomic mass is 32.2. The van der Waals surface area contributed by atoms with Crippen molar-refractivity contribution in [1.82, 2.24) is 0 Å². The molecular formula is C13H13NO3S. The fourth-order valence-electron chi connectivity index (χ4n) is 1.49. The van der Waals surface area contributed by atoms with Crippen LogP contribution >= 0.6 is 0 Å². The number of rotatable bonds is 3. The molecule has 4 nitrogen and oxygen atoms in total. The van der Waals surface area contributed by atoms with Crippen molar-refractivity contribution in [3.05, 3.63) is 42.5 Å². The van der Waals surface area contributed by atoms with Crippen molar-refractivity contribution in [2.75, 3.05) is 0 Å². The zero-order valence-corrected chi connectivity index (χ0v) is 10.9. The van der Waals surface area contributed by atoms with Gasteiger partial charge >= 0.3 is 10.1 Å².